The van der Waals surface area contributed by atoms with Crippen LogP contribution in [-0.4, -0.2) is 17.6 Å². The first kappa shape index (κ1) is 13.9. The summed E-state index contributed by atoms with van der Waals surface area (Å²) in [6.07, 6.45) is 0. The number of ketones is 1. The van der Waals surface area contributed by atoms with Crippen molar-refractivity contribution in [3.05, 3.63) is 65.0 Å². The van der Waals surface area contributed by atoms with Gasteiger partial charge in [0.2, 0.25) is 5.91 Å². The fourth-order valence-electron chi connectivity index (χ4n) is 2.38. The Kier molecular flexibility index (Phi) is 3.21. The van der Waals surface area contributed by atoms with Crippen LogP contribution < -0.4 is 10.6 Å². The summed E-state index contributed by atoms with van der Waals surface area (Å²) in [5, 5.41) is 0. The summed E-state index contributed by atoms with van der Waals surface area (Å²) >= 11 is 0. The number of amides is 2. The highest BCUT2D eigenvalue weighted by Crippen LogP contribution is 2.31. The topological polar surface area (TPSA) is 80.5 Å². The summed E-state index contributed by atoms with van der Waals surface area (Å²) in [5.41, 5.74) is 6.61. The van der Waals surface area contributed by atoms with Gasteiger partial charge in [0.05, 0.1) is 17.8 Å². The van der Waals surface area contributed by atoms with E-state index in [2.05, 4.69) is 0 Å². The highest BCUT2D eigenvalue weighted by atomic mass is 19.1. The van der Waals surface area contributed by atoms with Crippen LogP contribution in [-0.2, 0) is 11.3 Å². The Bertz CT molecular complexity index is 800. The lowest BCUT2D eigenvalue weighted by atomic mass is 10.1. The Morgan fingerprint density at radius 1 is 1.09 bits per heavy atom. The van der Waals surface area contributed by atoms with Crippen LogP contribution in [0.15, 0.2) is 42.5 Å². The van der Waals surface area contributed by atoms with Crippen molar-refractivity contribution in [2.75, 3.05) is 4.90 Å². The molecular weight excluding hydrogens is 287 g/mol. The second-order valence-corrected chi connectivity index (χ2v) is 4.94. The maximum atomic E-state index is 12.9. The maximum absolute atomic E-state index is 12.9. The van der Waals surface area contributed by atoms with Crippen molar-refractivity contribution in [1.29, 1.82) is 0 Å². The lowest BCUT2D eigenvalue weighted by Gasteiger charge is -2.16. The second-order valence-electron chi connectivity index (χ2n) is 4.94. The summed E-state index contributed by atoms with van der Waals surface area (Å²) in [5.74, 6) is -2.40. The van der Waals surface area contributed by atoms with Gasteiger partial charge in [0.1, 0.15) is 5.82 Å². The third-order valence-corrected chi connectivity index (χ3v) is 3.51. The predicted octanol–water partition coefficient (Wildman–Crippen LogP) is 1.65. The Balaban J connectivity index is 1.98. The van der Waals surface area contributed by atoms with Crippen molar-refractivity contribution >= 4 is 23.3 Å². The molecule has 1 aliphatic heterocycles. The van der Waals surface area contributed by atoms with E-state index in [1.807, 2.05) is 0 Å². The first-order valence-corrected chi connectivity index (χ1v) is 6.52. The molecule has 0 atom stereocenters. The van der Waals surface area contributed by atoms with E-state index in [1.165, 1.54) is 35.2 Å². The number of primary amides is 1. The average molecular weight is 298 g/mol. The number of fused-ring (bicyclic) bond motifs is 1. The van der Waals surface area contributed by atoms with Crippen LogP contribution >= 0.6 is 0 Å². The Hall–Kier alpha value is -3.02. The van der Waals surface area contributed by atoms with Crippen LogP contribution in [0.4, 0.5) is 10.1 Å². The third kappa shape index (κ3) is 2.24. The van der Waals surface area contributed by atoms with Crippen molar-refractivity contribution in [1.82, 2.24) is 0 Å². The fourth-order valence-corrected chi connectivity index (χ4v) is 2.38. The van der Waals surface area contributed by atoms with Gasteiger partial charge in [0.25, 0.3) is 11.7 Å². The molecule has 0 saturated carbocycles. The zero-order chi connectivity index (χ0) is 15.9. The molecule has 1 heterocycles. The van der Waals surface area contributed by atoms with E-state index in [0.717, 1.165) is 0 Å². The van der Waals surface area contributed by atoms with Gasteiger partial charge in [-0.05, 0) is 35.9 Å². The van der Waals surface area contributed by atoms with Gasteiger partial charge in [-0.3, -0.25) is 14.4 Å². The van der Waals surface area contributed by atoms with Gasteiger partial charge in [0.15, 0.2) is 0 Å². The van der Waals surface area contributed by atoms with Crippen molar-refractivity contribution in [3.8, 4) is 0 Å². The number of rotatable bonds is 3. The van der Waals surface area contributed by atoms with E-state index >= 15 is 0 Å². The number of hydrogen-bond donors (Lipinski definition) is 1. The summed E-state index contributed by atoms with van der Waals surface area (Å²) in [4.78, 5) is 36.6. The molecule has 110 valence electrons. The molecular formula is C16H11FN2O3. The molecule has 2 amide bonds. The van der Waals surface area contributed by atoms with Gasteiger partial charge < -0.3 is 10.6 Å². The number of carbonyl (C=O) groups excluding carboxylic acids is 3. The van der Waals surface area contributed by atoms with Crippen LogP contribution in [0.2, 0.25) is 0 Å². The summed E-state index contributed by atoms with van der Waals surface area (Å²) in [7, 11) is 0. The van der Waals surface area contributed by atoms with Crippen LogP contribution in [0.25, 0.3) is 0 Å². The van der Waals surface area contributed by atoms with E-state index in [9.17, 15) is 18.8 Å². The molecule has 2 aromatic carbocycles. The van der Waals surface area contributed by atoms with Gasteiger partial charge >= 0.3 is 0 Å². The second kappa shape index (κ2) is 5.07. The highest BCUT2D eigenvalue weighted by Gasteiger charge is 2.36. The van der Waals surface area contributed by atoms with E-state index < -0.39 is 17.6 Å². The molecule has 2 N–H and O–H groups in total. The SMILES string of the molecule is NC(=O)c1ccc2c(c1)C(=O)C(=O)N2Cc1ccc(F)cc1. The number of halogens is 1. The molecule has 0 radical (unpaired) electrons. The summed E-state index contributed by atoms with van der Waals surface area (Å²) < 4.78 is 12.9. The minimum absolute atomic E-state index is 0.147. The molecule has 22 heavy (non-hydrogen) atoms. The Labute approximate surface area is 125 Å². The Morgan fingerprint density at radius 3 is 2.41 bits per heavy atom. The molecule has 0 aliphatic carbocycles. The summed E-state index contributed by atoms with van der Waals surface area (Å²) in [6.45, 7) is 0.147. The largest absolute Gasteiger partial charge is 0.366 e. The van der Waals surface area contributed by atoms with Gasteiger partial charge in [-0.15, -0.1) is 0 Å². The molecule has 1 aliphatic rings. The van der Waals surface area contributed by atoms with Gasteiger partial charge in [-0.25, -0.2) is 4.39 Å². The van der Waals surface area contributed by atoms with Gasteiger partial charge in [-0.2, -0.15) is 0 Å². The lowest BCUT2D eigenvalue weighted by Crippen LogP contribution is -2.29. The van der Waals surface area contributed by atoms with Crippen molar-refractivity contribution in [2.45, 2.75) is 6.54 Å². The zero-order valence-electron chi connectivity index (χ0n) is 11.4. The third-order valence-electron chi connectivity index (χ3n) is 3.51. The number of Topliss-reactive ketones (excluding diaryl/α,β-unsaturated/α-hetero) is 1. The lowest BCUT2D eigenvalue weighted by molar-refractivity contribution is -0.114. The van der Waals surface area contributed by atoms with E-state index in [-0.39, 0.29) is 23.5 Å². The van der Waals surface area contributed by atoms with E-state index in [0.29, 0.717) is 11.3 Å². The normalized spacial score (nSPS) is 13.4. The van der Waals surface area contributed by atoms with Crippen molar-refractivity contribution in [3.63, 3.8) is 0 Å². The molecule has 5 nitrogen and oxygen atoms in total. The van der Waals surface area contributed by atoms with Gasteiger partial charge in [0, 0.05) is 5.56 Å². The van der Waals surface area contributed by atoms with Crippen molar-refractivity contribution in [2.24, 2.45) is 5.73 Å². The number of hydrogen-bond acceptors (Lipinski definition) is 3. The molecule has 0 fully saturated rings. The number of nitrogens with zero attached hydrogens (tertiary/aromatic N) is 1. The molecule has 0 bridgehead atoms. The minimum atomic E-state index is -0.680. The molecule has 0 saturated heterocycles. The number of anilines is 1. The minimum Gasteiger partial charge on any atom is -0.366 e. The van der Waals surface area contributed by atoms with Crippen LogP contribution in [0.1, 0.15) is 26.3 Å². The molecule has 6 heteroatoms. The van der Waals surface area contributed by atoms with Crippen LogP contribution in [0.5, 0.6) is 0 Å². The van der Waals surface area contributed by atoms with Crippen LogP contribution in [0, 0.1) is 5.82 Å². The molecule has 3 rings (SSSR count). The quantitative estimate of drug-likeness (QED) is 0.875. The number of nitrogens with two attached hydrogens (primary N) is 1. The number of benzene rings is 2. The van der Waals surface area contributed by atoms with Crippen molar-refractivity contribution < 1.29 is 18.8 Å². The highest BCUT2D eigenvalue weighted by molar-refractivity contribution is 6.52. The maximum Gasteiger partial charge on any atom is 0.299 e. The smallest absolute Gasteiger partial charge is 0.299 e. The standard InChI is InChI=1S/C16H11FN2O3/c17-11-4-1-9(2-5-11)8-19-13-6-3-10(15(18)21)7-12(13)14(20)16(19)22/h1-7H,8H2,(H2,18,21). The predicted molar refractivity (Wildman–Crippen MR) is 76.9 cm³/mol. The molecule has 0 unspecified atom stereocenters. The van der Waals surface area contributed by atoms with E-state index in [1.54, 1.807) is 12.1 Å². The first-order chi connectivity index (χ1) is 10.5. The van der Waals surface area contributed by atoms with Crippen LogP contribution in [0.3, 0.4) is 0 Å². The molecule has 0 aromatic heterocycles. The fraction of sp³-hybridized carbons (Fsp3) is 0.0625. The molecule has 0 spiro atoms. The van der Waals surface area contributed by atoms with Gasteiger partial charge in [-0.1, -0.05) is 12.1 Å². The summed E-state index contributed by atoms with van der Waals surface area (Å²) in [6, 6.07) is 9.96. The first-order valence-electron chi connectivity index (χ1n) is 6.52. The van der Waals surface area contributed by atoms with E-state index in [4.69, 9.17) is 5.73 Å². The Morgan fingerprint density at radius 2 is 1.77 bits per heavy atom. The number of carbonyl (C=O) groups is 3. The average Bonchev–Trinajstić information content (AvgIpc) is 2.74. The molecule has 2 aromatic rings. The zero-order valence-corrected chi connectivity index (χ0v) is 11.4. The monoisotopic (exact) mass is 298 g/mol.